The Labute approximate surface area is 186 Å². The van der Waals surface area contributed by atoms with Gasteiger partial charge in [0.25, 0.3) is 0 Å². The minimum absolute atomic E-state index is 0.0696. The molecule has 0 fully saturated rings. The van der Waals surface area contributed by atoms with E-state index in [2.05, 4.69) is 20.9 Å². The Bertz CT molecular complexity index is 1120. The van der Waals surface area contributed by atoms with E-state index < -0.39 is 28.9 Å². The molecule has 32 heavy (non-hydrogen) atoms. The van der Waals surface area contributed by atoms with Crippen LogP contribution >= 0.6 is 11.8 Å². The number of hydrogen-bond donors (Lipinski definition) is 2. The van der Waals surface area contributed by atoms with Gasteiger partial charge in [0.1, 0.15) is 11.0 Å². The molecule has 0 aliphatic carbocycles. The zero-order valence-electron chi connectivity index (χ0n) is 17.2. The quantitative estimate of drug-likeness (QED) is 0.588. The number of methoxy groups -OCH3 is 1. The highest BCUT2D eigenvalue weighted by Crippen LogP contribution is 2.38. The average molecular weight is 463 g/mol. The highest BCUT2D eigenvalue weighted by atomic mass is 32.2. The van der Waals surface area contributed by atoms with Crippen molar-refractivity contribution in [3.8, 4) is 5.75 Å². The van der Waals surface area contributed by atoms with Gasteiger partial charge < -0.3 is 15.5 Å². The first kappa shape index (κ1) is 22.0. The van der Waals surface area contributed by atoms with Crippen molar-refractivity contribution in [1.29, 1.82) is 0 Å². The van der Waals surface area contributed by atoms with Gasteiger partial charge in [-0.15, -0.1) is 10.2 Å². The first-order chi connectivity index (χ1) is 15.3. The lowest BCUT2D eigenvalue weighted by Gasteiger charge is -2.33. The molecule has 0 bridgehead atoms. The van der Waals surface area contributed by atoms with Gasteiger partial charge in [0.2, 0.25) is 11.1 Å². The van der Waals surface area contributed by atoms with Crippen LogP contribution in [-0.4, -0.2) is 33.1 Å². The van der Waals surface area contributed by atoms with Crippen molar-refractivity contribution in [2.75, 3.05) is 17.9 Å². The number of halogens is 3. The average Bonchev–Trinajstić information content (AvgIpc) is 3.20. The number of aromatic nitrogens is 3. The van der Waals surface area contributed by atoms with E-state index >= 15 is 0 Å². The van der Waals surface area contributed by atoms with Crippen molar-refractivity contribution >= 4 is 23.4 Å². The maximum atomic E-state index is 13.2. The molecular weight excluding hydrogens is 443 g/mol. The number of ether oxygens (including phenoxy) is 1. The number of amides is 1. The number of fused-ring (bicyclic) bond motifs is 1. The minimum Gasteiger partial charge on any atom is -0.497 e. The van der Waals surface area contributed by atoms with E-state index in [0.29, 0.717) is 23.2 Å². The van der Waals surface area contributed by atoms with Crippen molar-refractivity contribution in [2.24, 2.45) is 0 Å². The van der Waals surface area contributed by atoms with E-state index in [1.807, 2.05) is 19.1 Å². The number of aryl methyl sites for hydroxylation is 1. The Balaban J connectivity index is 1.65. The van der Waals surface area contributed by atoms with Crippen molar-refractivity contribution in [2.45, 2.75) is 36.0 Å². The molecule has 1 aliphatic rings. The molecule has 1 amide bonds. The summed E-state index contributed by atoms with van der Waals surface area (Å²) >= 11 is 1.20. The minimum atomic E-state index is -4.50. The molecule has 7 nitrogen and oxygen atoms in total. The van der Waals surface area contributed by atoms with Gasteiger partial charge in [0, 0.05) is 12.1 Å². The number of rotatable bonds is 5. The molecule has 2 N–H and O–H groups in total. The number of alkyl halides is 3. The molecule has 11 heteroatoms. The predicted molar refractivity (Wildman–Crippen MR) is 114 cm³/mol. The molecule has 0 saturated heterocycles. The lowest BCUT2D eigenvalue weighted by molar-refractivity contribution is -0.137. The van der Waals surface area contributed by atoms with E-state index in [0.717, 1.165) is 17.7 Å². The molecular formula is C21H20F3N5O2S. The van der Waals surface area contributed by atoms with Gasteiger partial charge in [0.15, 0.2) is 5.82 Å². The van der Waals surface area contributed by atoms with Crippen LogP contribution in [0.4, 0.5) is 18.9 Å². The van der Waals surface area contributed by atoms with E-state index in [-0.39, 0.29) is 5.69 Å². The number of nitrogens with one attached hydrogen (secondary N) is 2. The van der Waals surface area contributed by atoms with E-state index in [4.69, 9.17) is 4.74 Å². The fourth-order valence-electron chi connectivity index (χ4n) is 3.38. The van der Waals surface area contributed by atoms with Crippen LogP contribution in [0.25, 0.3) is 0 Å². The summed E-state index contributed by atoms with van der Waals surface area (Å²) in [5, 5.41) is 10.7. The molecule has 4 rings (SSSR count). The zero-order chi connectivity index (χ0) is 22.9. The van der Waals surface area contributed by atoms with Gasteiger partial charge in [0.05, 0.1) is 18.7 Å². The maximum absolute atomic E-state index is 13.2. The van der Waals surface area contributed by atoms with Crippen molar-refractivity contribution < 1.29 is 22.7 Å². The summed E-state index contributed by atoms with van der Waals surface area (Å²) < 4.78 is 46.1. The van der Waals surface area contributed by atoms with Crippen LogP contribution < -0.4 is 15.5 Å². The Morgan fingerprint density at radius 2 is 1.97 bits per heavy atom. The Hall–Kier alpha value is -3.21. The molecule has 0 saturated carbocycles. The summed E-state index contributed by atoms with van der Waals surface area (Å²) in [7, 11) is 1.56. The van der Waals surface area contributed by atoms with Crippen LogP contribution in [0.1, 0.15) is 29.9 Å². The van der Waals surface area contributed by atoms with Crippen molar-refractivity contribution in [3.63, 3.8) is 0 Å². The highest BCUT2D eigenvalue weighted by molar-refractivity contribution is 8.00. The third-order valence-corrected chi connectivity index (χ3v) is 6.23. The van der Waals surface area contributed by atoms with Crippen LogP contribution in [0.15, 0.2) is 53.7 Å². The molecule has 2 atom stereocenters. The second-order valence-electron chi connectivity index (χ2n) is 7.07. The molecule has 1 aromatic heterocycles. The third-order valence-electron chi connectivity index (χ3n) is 5.01. The van der Waals surface area contributed by atoms with Gasteiger partial charge in [-0.2, -0.15) is 13.2 Å². The topological polar surface area (TPSA) is 81.1 Å². The maximum Gasteiger partial charge on any atom is 0.416 e. The van der Waals surface area contributed by atoms with Gasteiger partial charge in [-0.05, 0) is 35.9 Å². The fraction of sp³-hybridized carbons (Fsp3) is 0.286. The summed E-state index contributed by atoms with van der Waals surface area (Å²) in [4.78, 5) is 13.2. The molecule has 0 unspecified atom stereocenters. The molecule has 0 radical (unpaired) electrons. The number of anilines is 1. The van der Waals surface area contributed by atoms with Gasteiger partial charge in [-0.25, -0.2) is 4.68 Å². The lowest BCUT2D eigenvalue weighted by Crippen LogP contribution is -2.41. The molecule has 1 aliphatic heterocycles. The smallest absolute Gasteiger partial charge is 0.416 e. The zero-order valence-corrected chi connectivity index (χ0v) is 18.0. The van der Waals surface area contributed by atoms with Crippen molar-refractivity contribution in [3.05, 3.63) is 65.5 Å². The second-order valence-corrected chi connectivity index (χ2v) is 8.18. The lowest BCUT2D eigenvalue weighted by atomic mass is 10.0. The van der Waals surface area contributed by atoms with Gasteiger partial charge in [-0.3, -0.25) is 4.79 Å². The van der Waals surface area contributed by atoms with Crippen LogP contribution in [0, 0.1) is 0 Å². The summed E-state index contributed by atoms with van der Waals surface area (Å²) in [6.45, 7) is 1.94. The standard InChI is InChI=1S/C21H20F3N5O2S/c1-3-16-26-27-20-29(16)28-17(12-7-9-15(31-2)10-8-12)18(32-20)19(30)25-14-6-4-5-13(11-14)21(22,23)24/h4-11,17-18,28H,3H2,1-2H3,(H,25,30)/t17-,18+/m0/s1. The SMILES string of the molecule is CCc1nnc2n1N[C@@H](c1ccc(OC)cc1)[C@H](C(=O)Nc1cccc(C(F)(F)F)c1)S2. The van der Waals surface area contributed by atoms with Gasteiger partial charge in [-0.1, -0.05) is 36.9 Å². The fourth-order valence-corrected chi connectivity index (χ4v) is 4.47. The number of thioether (sulfide) groups is 1. The number of carbonyl (C=O) groups is 1. The second kappa shape index (κ2) is 8.73. The molecule has 168 valence electrons. The Morgan fingerprint density at radius 3 is 2.62 bits per heavy atom. The molecule has 3 aromatic rings. The van der Waals surface area contributed by atoms with Crippen LogP contribution in [0.3, 0.4) is 0 Å². The third kappa shape index (κ3) is 4.38. The van der Waals surface area contributed by atoms with Crippen LogP contribution in [0.5, 0.6) is 5.75 Å². The van der Waals surface area contributed by atoms with E-state index in [1.54, 1.807) is 23.9 Å². The number of benzene rings is 2. The van der Waals surface area contributed by atoms with E-state index in [1.165, 1.54) is 23.9 Å². The molecule has 2 heterocycles. The van der Waals surface area contributed by atoms with Crippen molar-refractivity contribution in [1.82, 2.24) is 14.9 Å². The number of carbonyl (C=O) groups excluding carboxylic acids is 1. The summed E-state index contributed by atoms with van der Waals surface area (Å²) in [6.07, 6.45) is -3.86. The van der Waals surface area contributed by atoms with E-state index in [9.17, 15) is 18.0 Å². The monoisotopic (exact) mass is 463 g/mol. The number of nitrogens with zero attached hydrogens (tertiary/aromatic N) is 3. The number of hydrogen-bond acceptors (Lipinski definition) is 6. The van der Waals surface area contributed by atoms with Crippen LogP contribution in [-0.2, 0) is 17.4 Å². The predicted octanol–water partition coefficient (Wildman–Crippen LogP) is 4.27. The largest absolute Gasteiger partial charge is 0.497 e. The van der Waals surface area contributed by atoms with Crippen LogP contribution in [0.2, 0.25) is 0 Å². The first-order valence-electron chi connectivity index (χ1n) is 9.79. The molecule has 2 aromatic carbocycles. The Morgan fingerprint density at radius 1 is 1.22 bits per heavy atom. The van der Waals surface area contributed by atoms with Gasteiger partial charge >= 0.3 is 6.18 Å². The summed E-state index contributed by atoms with van der Waals surface area (Å²) in [5.41, 5.74) is 3.34. The summed E-state index contributed by atoms with van der Waals surface area (Å²) in [5.74, 6) is 0.930. The normalized spacial score (nSPS) is 17.9. The first-order valence-corrected chi connectivity index (χ1v) is 10.7. The summed E-state index contributed by atoms with van der Waals surface area (Å²) in [6, 6.07) is 11.3. The molecule has 0 spiro atoms. The highest BCUT2D eigenvalue weighted by Gasteiger charge is 2.38. The Kier molecular flexibility index (Phi) is 6.00.